The third kappa shape index (κ3) is 5.24. The Kier molecular flexibility index (Phi) is 6.22. The van der Waals surface area contributed by atoms with E-state index in [2.05, 4.69) is 29.7 Å². The van der Waals surface area contributed by atoms with E-state index in [1.54, 1.807) is 0 Å². The molecule has 1 fully saturated rings. The zero-order valence-electron chi connectivity index (χ0n) is 16.7. The van der Waals surface area contributed by atoms with Gasteiger partial charge in [0.15, 0.2) is 0 Å². The van der Waals surface area contributed by atoms with Crippen LogP contribution in [-0.2, 0) is 0 Å². The maximum Gasteiger partial charge on any atom is 0.138 e. The van der Waals surface area contributed by atoms with Crippen LogP contribution in [0.2, 0.25) is 0 Å². The Labute approximate surface area is 172 Å². The van der Waals surface area contributed by atoms with E-state index in [1.165, 1.54) is 12.8 Å². The minimum absolute atomic E-state index is 0.159. The van der Waals surface area contributed by atoms with Gasteiger partial charge in [-0.25, -0.2) is 4.99 Å². The molecule has 1 heterocycles. The Morgan fingerprint density at radius 2 is 1.66 bits per heavy atom. The highest BCUT2D eigenvalue weighted by atomic mass is 16.5. The van der Waals surface area contributed by atoms with Crippen LogP contribution in [0.4, 0.5) is 11.4 Å². The third-order valence-corrected chi connectivity index (χ3v) is 5.15. The van der Waals surface area contributed by atoms with Gasteiger partial charge in [0.2, 0.25) is 0 Å². The molecule has 2 N–H and O–H groups in total. The second-order valence-electron chi connectivity index (χ2n) is 7.34. The Balaban J connectivity index is 1.52. The van der Waals surface area contributed by atoms with E-state index in [4.69, 9.17) is 9.73 Å². The summed E-state index contributed by atoms with van der Waals surface area (Å²) in [6.45, 7) is 3.22. The maximum absolute atomic E-state index is 6.11. The van der Waals surface area contributed by atoms with Crippen molar-refractivity contribution in [3.8, 4) is 5.75 Å². The molecule has 0 aliphatic carbocycles. The van der Waals surface area contributed by atoms with Gasteiger partial charge in [-0.05, 0) is 62.7 Å². The molecular weight excluding hydrogens is 358 g/mol. The molecule has 2 atom stereocenters. The second-order valence-corrected chi connectivity index (χ2v) is 7.34. The molecule has 1 aliphatic rings. The van der Waals surface area contributed by atoms with Crippen molar-refractivity contribution in [1.82, 2.24) is 5.32 Å². The topological polar surface area (TPSA) is 45.6 Å². The first-order chi connectivity index (χ1) is 14.3. The average molecular weight is 386 g/mol. The number of amidine groups is 1. The normalized spacial score (nSPS) is 17.7. The largest absolute Gasteiger partial charge is 0.489 e. The summed E-state index contributed by atoms with van der Waals surface area (Å²) in [5.41, 5.74) is 2.93. The summed E-state index contributed by atoms with van der Waals surface area (Å²) in [7, 11) is 0. The van der Waals surface area contributed by atoms with Crippen LogP contribution in [0.1, 0.15) is 25.3 Å². The van der Waals surface area contributed by atoms with Crippen molar-refractivity contribution >= 4 is 17.2 Å². The molecule has 3 aromatic carbocycles. The van der Waals surface area contributed by atoms with Crippen LogP contribution in [-0.4, -0.2) is 24.5 Å². The fourth-order valence-corrected chi connectivity index (χ4v) is 3.56. The molecule has 4 nitrogen and oxygen atoms in total. The fraction of sp³-hybridized carbons (Fsp3) is 0.240. The zero-order valence-corrected chi connectivity index (χ0v) is 16.7. The number of hydrogen-bond donors (Lipinski definition) is 2. The number of hydrogen-bond acceptors (Lipinski definition) is 3. The van der Waals surface area contributed by atoms with Crippen molar-refractivity contribution < 1.29 is 4.74 Å². The summed E-state index contributed by atoms with van der Waals surface area (Å²) in [5, 5.41) is 6.94. The van der Waals surface area contributed by atoms with Crippen molar-refractivity contribution in [2.45, 2.75) is 31.9 Å². The molecule has 0 saturated carbocycles. The first kappa shape index (κ1) is 19.2. The predicted molar refractivity (Wildman–Crippen MR) is 120 cm³/mol. The third-order valence-electron chi connectivity index (χ3n) is 5.15. The van der Waals surface area contributed by atoms with E-state index in [0.29, 0.717) is 6.04 Å². The van der Waals surface area contributed by atoms with Gasteiger partial charge in [-0.1, -0.05) is 48.5 Å². The van der Waals surface area contributed by atoms with E-state index < -0.39 is 0 Å². The van der Waals surface area contributed by atoms with Gasteiger partial charge >= 0.3 is 0 Å². The van der Waals surface area contributed by atoms with Gasteiger partial charge < -0.3 is 15.4 Å². The van der Waals surface area contributed by atoms with Crippen molar-refractivity contribution in [2.75, 3.05) is 11.9 Å². The molecule has 1 aliphatic heterocycles. The number of aliphatic imine (C=N–C) groups is 1. The van der Waals surface area contributed by atoms with Crippen molar-refractivity contribution in [1.29, 1.82) is 0 Å². The monoisotopic (exact) mass is 385 g/mol. The first-order valence-electron chi connectivity index (χ1n) is 10.2. The minimum Gasteiger partial charge on any atom is -0.489 e. The van der Waals surface area contributed by atoms with Crippen LogP contribution in [0.15, 0.2) is 89.9 Å². The van der Waals surface area contributed by atoms with E-state index >= 15 is 0 Å². The molecule has 29 heavy (non-hydrogen) atoms. The number of ether oxygens (including phenoxy) is 1. The molecule has 4 rings (SSSR count). The minimum atomic E-state index is 0.159. The molecule has 0 aromatic heterocycles. The SMILES string of the molecule is CC(Oc1ccc(N=C(Nc2ccccc2)c2ccccc2)cc1)C1CCCN1. The van der Waals surface area contributed by atoms with Gasteiger partial charge in [0.05, 0.1) is 5.69 Å². The Hall–Kier alpha value is -3.11. The van der Waals surface area contributed by atoms with Crippen LogP contribution < -0.4 is 15.4 Å². The summed E-state index contributed by atoms with van der Waals surface area (Å²) < 4.78 is 6.11. The molecule has 0 radical (unpaired) electrons. The van der Waals surface area contributed by atoms with Gasteiger partial charge in [0.1, 0.15) is 17.7 Å². The van der Waals surface area contributed by atoms with E-state index in [0.717, 1.165) is 35.1 Å². The number of nitrogens with zero attached hydrogens (tertiary/aromatic N) is 1. The number of benzene rings is 3. The lowest BCUT2D eigenvalue weighted by Gasteiger charge is -2.21. The first-order valence-corrected chi connectivity index (χ1v) is 10.2. The molecule has 0 bridgehead atoms. The number of anilines is 1. The van der Waals surface area contributed by atoms with Gasteiger partial charge in [0, 0.05) is 17.3 Å². The summed E-state index contributed by atoms with van der Waals surface area (Å²) in [5.74, 6) is 1.69. The lowest BCUT2D eigenvalue weighted by molar-refractivity contribution is 0.180. The summed E-state index contributed by atoms with van der Waals surface area (Å²) in [6, 6.07) is 28.7. The Bertz CT molecular complexity index is 917. The summed E-state index contributed by atoms with van der Waals surface area (Å²) in [6.07, 6.45) is 2.56. The van der Waals surface area contributed by atoms with E-state index in [-0.39, 0.29) is 6.10 Å². The van der Waals surface area contributed by atoms with Crippen LogP contribution >= 0.6 is 0 Å². The maximum atomic E-state index is 6.11. The van der Waals surface area contributed by atoms with Gasteiger partial charge in [-0.2, -0.15) is 0 Å². The van der Waals surface area contributed by atoms with Crippen LogP contribution in [0, 0.1) is 0 Å². The van der Waals surface area contributed by atoms with Gasteiger partial charge in [0.25, 0.3) is 0 Å². The molecular formula is C25H27N3O. The summed E-state index contributed by atoms with van der Waals surface area (Å²) in [4.78, 5) is 4.86. The van der Waals surface area contributed by atoms with Crippen LogP contribution in [0.3, 0.4) is 0 Å². The smallest absolute Gasteiger partial charge is 0.138 e. The zero-order chi connectivity index (χ0) is 19.9. The number of rotatable bonds is 6. The summed E-state index contributed by atoms with van der Waals surface area (Å²) >= 11 is 0. The van der Waals surface area contributed by atoms with Crippen LogP contribution in [0.25, 0.3) is 0 Å². The van der Waals surface area contributed by atoms with E-state index in [1.807, 2.05) is 72.8 Å². The number of nitrogens with one attached hydrogen (secondary N) is 2. The highest BCUT2D eigenvalue weighted by Crippen LogP contribution is 2.22. The lowest BCUT2D eigenvalue weighted by atomic mass is 10.1. The van der Waals surface area contributed by atoms with Crippen molar-refractivity contribution in [2.24, 2.45) is 4.99 Å². The van der Waals surface area contributed by atoms with Crippen molar-refractivity contribution in [3.05, 3.63) is 90.5 Å². The van der Waals surface area contributed by atoms with Crippen molar-refractivity contribution in [3.63, 3.8) is 0 Å². The lowest BCUT2D eigenvalue weighted by Crippen LogP contribution is -2.36. The molecule has 0 amide bonds. The quantitative estimate of drug-likeness (QED) is 0.441. The van der Waals surface area contributed by atoms with Crippen LogP contribution in [0.5, 0.6) is 5.75 Å². The predicted octanol–water partition coefficient (Wildman–Crippen LogP) is 5.40. The fourth-order valence-electron chi connectivity index (χ4n) is 3.56. The van der Waals surface area contributed by atoms with Gasteiger partial charge in [-0.3, -0.25) is 0 Å². The van der Waals surface area contributed by atoms with E-state index in [9.17, 15) is 0 Å². The standard InChI is InChI=1S/C25H27N3O/c1-19(24-13-8-18-26-24)29-23-16-14-22(15-17-23)28-25(20-9-4-2-5-10-20)27-21-11-6-3-7-12-21/h2-7,9-12,14-17,19,24,26H,8,13,18H2,1H3,(H,27,28). The second kappa shape index (κ2) is 9.39. The molecule has 1 saturated heterocycles. The Morgan fingerprint density at radius 1 is 0.966 bits per heavy atom. The highest BCUT2D eigenvalue weighted by Gasteiger charge is 2.22. The molecule has 0 spiro atoms. The highest BCUT2D eigenvalue weighted by molar-refractivity contribution is 6.09. The average Bonchev–Trinajstić information content (AvgIpc) is 3.31. The Morgan fingerprint density at radius 3 is 2.31 bits per heavy atom. The van der Waals surface area contributed by atoms with Gasteiger partial charge in [-0.15, -0.1) is 0 Å². The number of para-hydroxylation sites is 1. The molecule has 2 unspecified atom stereocenters. The molecule has 3 aromatic rings. The molecule has 4 heteroatoms. The molecule has 148 valence electrons.